The Morgan fingerprint density at radius 2 is 1.81 bits per heavy atom. The summed E-state index contributed by atoms with van der Waals surface area (Å²) < 4.78 is 6.43. The molecule has 1 amide bonds. The number of methoxy groups -OCH3 is 1. The lowest BCUT2D eigenvalue weighted by atomic mass is 10.1. The van der Waals surface area contributed by atoms with Crippen LogP contribution in [0.25, 0.3) is 10.9 Å². The lowest BCUT2D eigenvalue weighted by molar-refractivity contribution is -0.151. The number of fused-ring (bicyclic) bond motifs is 2. The van der Waals surface area contributed by atoms with Gasteiger partial charge in [-0.2, -0.15) is 0 Å². The number of hydrogen-bond donors (Lipinski definition) is 1. The first kappa shape index (κ1) is 17.2. The molecule has 1 N–H and O–H groups in total. The highest BCUT2D eigenvalue weighted by molar-refractivity contribution is 5.83. The number of carbonyl (C=O) groups is 1. The van der Waals surface area contributed by atoms with Crippen LogP contribution in [0.5, 0.6) is 5.75 Å². The minimum atomic E-state index is -1.30. The molecular weight excluding hydrogens is 346 g/mol. The molecule has 2 heterocycles. The lowest BCUT2D eigenvalue weighted by Gasteiger charge is -2.37. The molecule has 3 aromatic rings. The average molecular weight is 365 g/mol. The number of para-hydroxylation sites is 1. The van der Waals surface area contributed by atoms with E-state index < -0.39 is 12.3 Å². The van der Waals surface area contributed by atoms with Gasteiger partial charge in [-0.15, -0.1) is 0 Å². The van der Waals surface area contributed by atoms with Crippen LogP contribution >= 0.6 is 0 Å². The van der Waals surface area contributed by atoms with Crippen LogP contribution in [-0.4, -0.2) is 32.6 Å². The van der Waals surface area contributed by atoms with Crippen molar-refractivity contribution in [3.8, 4) is 5.75 Å². The predicted molar refractivity (Wildman–Crippen MR) is 99.2 cm³/mol. The molecule has 0 spiro atoms. The zero-order chi connectivity index (χ0) is 19.1. The van der Waals surface area contributed by atoms with Crippen molar-refractivity contribution >= 4 is 16.8 Å². The maximum absolute atomic E-state index is 12.9. The molecule has 4 rings (SSSR count). The molecule has 7 nitrogen and oxygen atoms in total. The van der Waals surface area contributed by atoms with E-state index in [4.69, 9.17) is 4.74 Å². The number of nitrogens with zero attached hydrogens (tertiary/aromatic N) is 3. The molecular formula is C20H19N3O4. The first-order valence-electron chi connectivity index (χ1n) is 8.64. The third-order valence-electron chi connectivity index (χ3n) is 4.90. The van der Waals surface area contributed by atoms with Gasteiger partial charge in [-0.25, -0.2) is 4.98 Å². The molecule has 2 aromatic carbocycles. The zero-order valence-corrected chi connectivity index (χ0v) is 15.0. The fraction of sp³-hybridized carbons (Fsp3) is 0.250. The number of benzene rings is 2. The van der Waals surface area contributed by atoms with E-state index >= 15 is 0 Å². The first-order chi connectivity index (χ1) is 13.0. The fourth-order valence-corrected chi connectivity index (χ4v) is 3.42. The normalized spacial score (nSPS) is 19.2. The highest BCUT2D eigenvalue weighted by atomic mass is 16.5. The van der Waals surface area contributed by atoms with E-state index in [1.165, 1.54) is 9.47 Å². The molecule has 0 fully saturated rings. The van der Waals surface area contributed by atoms with Gasteiger partial charge in [-0.3, -0.25) is 14.2 Å². The Balaban J connectivity index is 1.77. The Morgan fingerprint density at radius 3 is 2.52 bits per heavy atom. The third kappa shape index (κ3) is 2.76. The van der Waals surface area contributed by atoms with Crippen LogP contribution in [0.1, 0.15) is 30.6 Å². The number of hydrogen-bond acceptors (Lipinski definition) is 5. The van der Waals surface area contributed by atoms with Crippen molar-refractivity contribution in [1.29, 1.82) is 0 Å². The summed E-state index contributed by atoms with van der Waals surface area (Å²) >= 11 is 0. The van der Waals surface area contributed by atoms with E-state index in [9.17, 15) is 14.7 Å². The van der Waals surface area contributed by atoms with Crippen LogP contribution in [0.3, 0.4) is 0 Å². The van der Waals surface area contributed by atoms with Crippen molar-refractivity contribution < 1.29 is 14.6 Å². The van der Waals surface area contributed by atoms with Gasteiger partial charge in [-0.05, 0) is 36.8 Å². The topological polar surface area (TPSA) is 84.7 Å². The van der Waals surface area contributed by atoms with Crippen molar-refractivity contribution in [3.05, 3.63) is 70.3 Å². The van der Waals surface area contributed by atoms with Crippen LogP contribution in [0, 0.1) is 0 Å². The molecule has 138 valence electrons. The van der Waals surface area contributed by atoms with Crippen molar-refractivity contribution in [2.75, 3.05) is 7.11 Å². The van der Waals surface area contributed by atoms with Gasteiger partial charge in [0, 0.05) is 6.54 Å². The Labute approximate surface area is 155 Å². The van der Waals surface area contributed by atoms with E-state index in [0.717, 1.165) is 5.56 Å². The molecule has 0 radical (unpaired) electrons. The van der Waals surface area contributed by atoms with Crippen molar-refractivity contribution in [3.63, 3.8) is 0 Å². The molecule has 0 aliphatic carbocycles. The summed E-state index contributed by atoms with van der Waals surface area (Å²) in [6.45, 7) is 1.85. The molecule has 0 bridgehead atoms. The Kier molecular flexibility index (Phi) is 4.16. The molecule has 1 aliphatic heterocycles. The molecule has 0 saturated heterocycles. The number of ether oxygens (including phenoxy) is 1. The molecule has 2 atom stereocenters. The van der Waals surface area contributed by atoms with E-state index in [1.807, 2.05) is 12.1 Å². The standard InChI is InChI=1S/C20H19N3O4/c1-12-18(24)22(11-13-7-9-14(27-2)10-8-13)20(26)17-21-16-6-4-3-5-15(16)19(25)23(12)17/h3-10,12,20,26H,11H2,1-2H3/t12-,20+/m1/s1. The maximum atomic E-state index is 12.9. The minimum absolute atomic E-state index is 0.180. The summed E-state index contributed by atoms with van der Waals surface area (Å²) in [6.07, 6.45) is -1.30. The van der Waals surface area contributed by atoms with E-state index in [2.05, 4.69) is 4.98 Å². The van der Waals surface area contributed by atoms with Gasteiger partial charge >= 0.3 is 0 Å². The average Bonchev–Trinajstić information content (AvgIpc) is 2.70. The molecule has 27 heavy (non-hydrogen) atoms. The smallest absolute Gasteiger partial charge is 0.262 e. The van der Waals surface area contributed by atoms with Gasteiger partial charge in [0.05, 0.1) is 18.0 Å². The summed E-state index contributed by atoms with van der Waals surface area (Å²) in [7, 11) is 1.58. The summed E-state index contributed by atoms with van der Waals surface area (Å²) in [6, 6.07) is 13.4. The number of amides is 1. The number of rotatable bonds is 3. The van der Waals surface area contributed by atoms with Crippen LogP contribution in [0.4, 0.5) is 0 Å². The van der Waals surface area contributed by atoms with Crippen LogP contribution in [0.2, 0.25) is 0 Å². The van der Waals surface area contributed by atoms with E-state index in [1.54, 1.807) is 50.4 Å². The Morgan fingerprint density at radius 1 is 1.11 bits per heavy atom. The first-order valence-corrected chi connectivity index (χ1v) is 8.64. The van der Waals surface area contributed by atoms with Crippen molar-refractivity contribution in [2.24, 2.45) is 0 Å². The minimum Gasteiger partial charge on any atom is -0.497 e. The monoisotopic (exact) mass is 365 g/mol. The van der Waals surface area contributed by atoms with Crippen molar-refractivity contribution in [1.82, 2.24) is 14.5 Å². The summed E-state index contributed by atoms with van der Waals surface area (Å²) in [5.41, 5.74) is 1.02. The van der Waals surface area contributed by atoms with Crippen LogP contribution in [-0.2, 0) is 11.3 Å². The van der Waals surface area contributed by atoms with E-state index in [-0.39, 0.29) is 23.8 Å². The quantitative estimate of drug-likeness (QED) is 0.767. The summed E-state index contributed by atoms with van der Waals surface area (Å²) in [4.78, 5) is 31.5. The largest absolute Gasteiger partial charge is 0.497 e. The molecule has 1 aliphatic rings. The maximum Gasteiger partial charge on any atom is 0.262 e. The van der Waals surface area contributed by atoms with Gasteiger partial charge in [-0.1, -0.05) is 24.3 Å². The summed E-state index contributed by atoms with van der Waals surface area (Å²) in [5, 5.41) is 11.2. The van der Waals surface area contributed by atoms with Gasteiger partial charge in [0.1, 0.15) is 11.8 Å². The second kappa shape index (κ2) is 6.51. The molecule has 0 unspecified atom stereocenters. The van der Waals surface area contributed by atoms with Gasteiger partial charge in [0.2, 0.25) is 5.91 Å². The highest BCUT2D eigenvalue weighted by Crippen LogP contribution is 2.30. The highest BCUT2D eigenvalue weighted by Gasteiger charge is 2.38. The molecule has 0 saturated carbocycles. The predicted octanol–water partition coefficient (Wildman–Crippen LogP) is 2.00. The number of aliphatic hydroxyl groups is 1. The molecule has 1 aromatic heterocycles. The SMILES string of the molecule is COc1ccc(CN2C(=O)[C@@H](C)n3c(nc4ccccc4c3=O)[C@@H]2O)cc1. The van der Waals surface area contributed by atoms with Gasteiger partial charge < -0.3 is 14.7 Å². The zero-order valence-electron chi connectivity index (χ0n) is 15.0. The van der Waals surface area contributed by atoms with Crippen LogP contribution in [0.15, 0.2) is 53.3 Å². The number of aromatic nitrogens is 2. The Hall–Kier alpha value is -3.19. The van der Waals surface area contributed by atoms with Gasteiger partial charge in [0.15, 0.2) is 12.1 Å². The molecule has 7 heteroatoms. The number of carbonyl (C=O) groups excluding carboxylic acids is 1. The summed E-state index contributed by atoms with van der Waals surface area (Å²) in [5.74, 6) is 0.562. The van der Waals surface area contributed by atoms with Crippen molar-refractivity contribution in [2.45, 2.75) is 25.7 Å². The second-order valence-electron chi connectivity index (χ2n) is 6.53. The van der Waals surface area contributed by atoms with Gasteiger partial charge in [0.25, 0.3) is 5.56 Å². The lowest BCUT2D eigenvalue weighted by Crippen LogP contribution is -2.48. The second-order valence-corrected chi connectivity index (χ2v) is 6.53. The fourth-order valence-electron chi connectivity index (χ4n) is 3.42. The van der Waals surface area contributed by atoms with E-state index in [0.29, 0.717) is 16.7 Å². The third-order valence-corrected chi connectivity index (χ3v) is 4.90. The number of aliphatic hydroxyl groups excluding tert-OH is 1. The Bertz CT molecular complexity index is 1070. The van der Waals surface area contributed by atoms with Crippen LogP contribution < -0.4 is 10.3 Å².